The van der Waals surface area contributed by atoms with E-state index < -0.39 is 17.2 Å². The van der Waals surface area contributed by atoms with E-state index in [1.165, 1.54) is 11.8 Å². The number of nitrogens with two attached hydrogens (primary N) is 1. The lowest BCUT2D eigenvalue weighted by Crippen LogP contribution is -2.30. The van der Waals surface area contributed by atoms with Gasteiger partial charge in [0.1, 0.15) is 11.4 Å². The van der Waals surface area contributed by atoms with Crippen LogP contribution in [-0.4, -0.2) is 34.8 Å². The molecule has 0 bridgehead atoms. The van der Waals surface area contributed by atoms with E-state index in [1.54, 1.807) is 9.47 Å². The zero-order valence-electron chi connectivity index (χ0n) is 13.3. The van der Waals surface area contributed by atoms with Gasteiger partial charge in [-0.3, -0.25) is 4.79 Å². The van der Waals surface area contributed by atoms with Crippen LogP contribution in [0.1, 0.15) is 29.1 Å². The van der Waals surface area contributed by atoms with Gasteiger partial charge in [-0.1, -0.05) is 23.4 Å². The number of anilines is 1. The Bertz CT molecular complexity index is 993. The van der Waals surface area contributed by atoms with Crippen LogP contribution in [0.25, 0.3) is 10.9 Å². The molecule has 1 aromatic heterocycles. The number of hydrogen-bond donors (Lipinski definition) is 2. The molecule has 1 unspecified atom stereocenters. The first-order chi connectivity index (χ1) is 11.8. The topological polar surface area (TPSA) is 88.6 Å². The van der Waals surface area contributed by atoms with Crippen molar-refractivity contribution in [2.45, 2.75) is 29.8 Å². The van der Waals surface area contributed by atoms with Gasteiger partial charge in [0.25, 0.3) is 0 Å². The lowest BCUT2D eigenvalue weighted by Gasteiger charge is -2.34. The van der Waals surface area contributed by atoms with E-state index >= 15 is 0 Å². The molecule has 1 aromatic carbocycles. The number of thioether (sulfide) groups is 1. The Labute approximate surface area is 151 Å². The number of aromatic carboxylic acids is 1. The lowest BCUT2D eigenvalue weighted by molar-refractivity contribution is 0.0689. The van der Waals surface area contributed by atoms with E-state index in [9.17, 15) is 19.1 Å². The maximum absolute atomic E-state index is 14.8. The molecule has 0 saturated carbocycles. The van der Waals surface area contributed by atoms with E-state index in [-0.39, 0.29) is 33.1 Å². The van der Waals surface area contributed by atoms with Crippen LogP contribution >= 0.6 is 23.4 Å². The number of rotatable bonds is 2. The second kappa shape index (κ2) is 5.62. The minimum absolute atomic E-state index is 0.0111. The summed E-state index contributed by atoms with van der Waals surface area (Å²) in [5.74, 6) is -1.96. The third-order valence-electron chi connectivity index (χ3n) is 4.71. The Morgan fingerprint density at radius 2 is 2.24 bits per heavy atom. The third kappa shape index (κ3) is 2.28. The number of halogens is 2. The Balaban J connectivity index is 2.07. The summed E-state index contributed by atoms with van der Waals surface area (Å²) < 4.78 is 16.5. The maximum Gasteiger partial charge on any atom is 0.342 e. The van der Waals surface area contributed by atoms with E-state index in [1.807, 2.05) is 6.92 Å². The maximum atomic E-state index is 14.8. The van der Waals surface area contributed by atoms with Gasteiger partial charge in [-0.25, -0.2) is 9.18 Å². The van der Waals surface area contributed by atoms with Crippen LogP contribution in [0.3, 0.4) is 0 Å². The molecule has 1 saturated heterocycles. The minimum atomic E-state index is -1.32. The van der Waals surface area contributed by atoms with E-state index in [4.69, 9.17) is 17.3 Å². The Kier molecular flexibility index (Phi) is 3.75. The fourth-order valence-corrected chi connectivity index (χ4v) is 5.10. The van der Waals surface area contributed by atoms with Crippen molar-refractivity contribution in [3.05, 3.63) is 32.7 Å². The predicted molar refractivity (Wildman–Crippen MR) is 95.5 cm³/mol. The number of pyridine rings is 1. The Morgan fingerprint density at radius 1 is 1.52 bits per heavy atom. The fourth-order valence-electron chi connectivity index (χ4n) is 3.56. The zero-order chi connectivity index (χ0) is 18.0. The summed E-state index contributed by atoms with van der Waals surface area (Å²) in [6.45, 7) is 2.94. The summed E-state index contributed by atoms with van der Waals surface area (Å²) in [6.07, 6.45) is 0.732. The van der Waals surface area contributed by atoms with Crippen molar-refractivity contribution >= 4 is 45.9 Å². The van der Waals surface area contributed by atoms with Crippen molar-refractivity contribution in [3.63, 3.8) is 0 Å². The van der Waals surface area contributed by atoms with Gasteiger partial charge in [-0.05, 0) is 19.4 Å². The zero-order valence-corrected chi connectivity index (χ0v) is 14.8. The molecule has 132 valence electrons. The van der Waals surface area contributed by atoms with Crippen LogP contribution in [0, 0.1) is 5.82 Å². The average Bonchev–Trinajstić information content (AvgIpc) is 2.94. The number of nitrogens with zero attached hydrogens (tertiary/aromatic N) is 2. The molecular formula is C16H15ClFN3O3S. The van der Waals surface area contributed by atoms with Crippen LogP contribution in [0.5, 0.6) is 0 Å². The molecule has 4 rings (SSSR count). The number of hydrogen-bond acceptors (Lipinski definition) is 5. The molecule has 2 atom stereocenters. The fraction of sp³-hybridized carbons (Fsp3) is 0.375. The normalized spacial score (nSPS) is 22.2. The highest BCUT2D eigenvalue weighted by atomic mass is 35.5. The molecule has 9 heteroatoms. The highest BCUT2D eigenvalue weighted by molar-refractivity contribution is 8.00. The largest absolute Gasteiger partial charge is 0.477 e. The van der Waals surface area contributed by atoms with Crippen LogP contribution in [0.15, 0.2) is 15.9 Å². The second-order valence-corrected chi connectivity index (χ2v) is 8.00. The quantitative estimate of drug-likeness (QED) is 0.828. The van der Waals surface area contributed by atoms with E-state index in [2.05, 4.69) is 0 Å². The summed E-state index contributed by atoms with van der Waals surface area (Å²) >= 11 is 7.80. The number of benzene rings is 1. The second-order valence-electron chi connectivity index (χ2n) is 6.31. The van der Waals surface area contributed by atoms with Crippen LogP contribution in [0.2, 0.25) is 5.02 Å². The average molecular weight is 384 g/mol. The molecular weight excluding hydrogens is 369 g/mol. The third-order valence-corrected chi connectivity index (χ3v) is 6.25. The first-order valence-corrected chi connectivity index (χ1v) is 9.07. The molecule has 0 aliphatic carbocycles. The summed E-state index contributed by atoms with van der Waals surface area (Å²) in [5, 5.41) is 9.76. The Morgan fingerprint density at radius 3 is 2.80 bits per heavy atom. The van der Waals surface area contributed by atoms with Crippen LogP contribution in [-0.2, 0) is 0 Å². The van der Waals surface area contributed by atoms with Crippen LogP contribution < -0.4 is 16.1 Å². The van der Waals surface area contributed by atoms with Crippen molar-refractivity contribution in [1.29, 1.82) is 0 Å². The van der Waals surface area contributed by atoms with Gasteiger partial charge in [0.2, 0.25) is 5.43 Å². The molecule has 2 aliphatic rings. The highest BCUT2D eigenvalue weighted by Gasteiger charge is 2.35. The van der Waals surface area contributed by atoms with E-state index in [0.29, 0.717) is 23.6 Å². The molecule has 2 aromatic rings. The van der Waals surface area contributed by atoms with Gasteiger partial charge in [-0.15, -0.1) is 0 Å². The number of carboxylic acids is 1. The smallest absolute Gasteiger partial charge is 0.342 e. The number of carboxylic acid groups (broad SMARTS) is 1. The van der Waals surface area contributed by atoms with Gasteiger partial charge >= 0.3 is 5.97 Å². The van der Waals surface area contributed by atoms with Crippen LogP contribution in [0.4, 0.5) is 10.1 Å². The highest BCUT2D eigenvalue weighted by Crippen LogP contribution is 2.49. The Hall–Kier alpha value is -1.77. The van der Waals surface area contributed by atoms with Crippen molar-refractivity contribution in [3.8, 4) is 0 Å². The molecule has 3 N–H and O–H groups in total. The molecule has 2 aliphatic heterocycles. The first kappa shape index (κ1) is 16.7. The standard InChI is InChI=1S/C16H15ClFN3O3S/c1-6-21-12-8(14(22)10(16(23)24)15(21)25-6)4-9(18)13(11(12)17)20-3-2-7(19)5-20/h4,6-7H,2-3,5,19H2,1H3,(H,23,24)/t6?,7-/m1/s1. The molecule has 3 heterocycles. The predicted octanol–water partition coefficient (Wildman–Crippen LogP) is 2.65. The van der Waals surface area contributed by atoms with Gasteiger partial charge in [-0.2, -0.15) is 0 Å². The van der Waals surface area contributed by atoms with Crippen molar-refractivity contribution < 1.29 is 14.3 Å². The van der Waals surface area contributed by atoms with Crippen molar-refractivity contribution in [2.75, 3.05) is 18.0 Å². The molecule has 1 fully saturated rings. The summed E-state index contributed by atoms with van der Waals surface area (Å²) in [7, 11) is 0. The van der Waals surface area contributed by atoms with Crippen molar-refractivity contribution in [2.24, 2.45) is 5.73 Å². The molecule has 0 radical (unpaired) electrons. The van der Waals surface area contributed by atoms with Gasteiger partial charge in [0.05, 0.1) is 32.0 Å². The first-order valence-electron chi connectivity index (χ1n) is 7.82. The molecule has 6 nitrogen and oxygen atoms in total. The number of carbonyl (C=O) groups is 1. The SMILES string of the molecule is CC1Sc2c(C(=O)O)c(=O)c3cc(F)c(N4CC[C@@H](N)C4)c(Cl)c3n21. The van der Waals surface area contributed by atoms with E-state index in [0.717, 1.165) is 12.5 Å². The van der Waals surface area contributed by atoms with Crippen molar-refractivity contribution in [1.82, 2.24) is 4.57 Å². The summed E-state index contributed by atoms with van der Waals surface area (Å²) in [6, 6.07) is 1.04. The monoisotopic (exact) mass is 383 g/mol. The molecule has 0 amide bonds. The van der Waals surface area contributed by atoms with Gasteiger partial charge < -0.3 is 20.3 Å². The number of fused-ring (bicyclic) bond motifs is 3. The minimum Gasteiger partial charge on any atom is -0.477 e. The van der Waals surface area contributed by atoms with Gasteiger partial charge in [0.15, 0.2) is 0 Å². The summed E-state index contributed by atoms with van der Waals surface area (Å²) in [5.41, 5.74) is 5.48. The summed E-state index contributed by atoms with van der Waals surface area (Å²) in [4.78, 5) is 25.9. The molecule has 25 heavy (non-hydrogen) atoms. The lowest BCUT2D eigenvalue weighted by atomic mass is 10.1. The number of aromatic nitrogens is 1. The molecule has 0 spiro atoms. The van der Waals surface area contributed by atoms with Gasteiger partial charge in [0, 0.05) is 19.1 Å².